The van der Waals surface area contributed by atoms with Gasteiger partial charge in [-0.3, -0.25) is 9.69 Å². The van der Waals surface area contributed by atoms with Gasteiger partial charge in [-0.2, -0.15) is 0 Å². The number of hydrogen-bond donors (Lipinski definition) is 2. The minimum absolute atomic E-state index is 0.175. The number of aromatic nitrogens is 3. The molecule has 0 spiro atoms. The van der Waals surface area contributed by atoms with E-state index in [-0.39, 0.29) is 11.8 Å². The van der Waals surface area contributed by atoms with Gasteiger partial charge in [-0.05, 0) is 43.7 Å². The van der Waals surface area contributed by atoms with Crippen molar-refractivity contribution in [3.8, 4) is 5.75 Å². The number of amides is 1. The van der Waals surface area contributed by atoms with Crippen LogP contribution >= 0.6 is 0 Å². The molecule has 0 saturated carbocycles. The summed E-state index contributed by atoms with van der Waals surface area (Å²) in [6, 6.07) is 11.7. The molecule has 1 unspecified atom stereocenters. The number of hydrogen-bond acceptors (Lipinski definition) is 7. The molecule has 3 aromatic rings. The first-order valence-corrected chi connectivity index (χ1v) is 11.2. The number of methoxy groups -OCH3 is 1. The maximum absolute atomic E-state index is 12.7. The molecule has 1 aliphatic heterocycles. The van der Waals surface area contributed by atoms with Crippen LogP contribution in [-0.2, 0) is 13.1 Å². The van der Waals surface area contributed by atoms with E-state index in [1.165, 1.54) is 5.56 Å². The van der Waals surface area contributed by atoms with Crippen molar-refractivity contribution >= 4 is 11.7 Å². The Balaban J connectivity index is 1.36. The fourth-order valence-electron chi connectivity index (χ4n) is 4.18. The lowest BCUT2D eigenvalue weighted by Gasteiger charge is -2.17. The standard InChI is InChI=1S/C25H30N6O2/c1-17-22(25(32)29-13-18-6-4-8-21(12-18)33-3)14-28-24(30-17)20-9-11-31(16-20)15-19-7-5-10-27-23(19)26-2/h4-8,10,12,14,20H,9,11,13,15-16H2,1-3H3,(H,26,27)(H,29,32). The smallest absolute Gasteiger partial charge is 0.254 e. The quantitative estimate of drug-likeness (QED) is 0.549. The third-order valence-electron chi connectivity index (χ3n) is 5.99. The molecule has 1 saturated heterocycles. The Hall–Kier alpha value is -3.52. The summed E-state index contributed by atoms with van der Waals surface area (Å²) >= 11 is 0. The summed E-state index contributed by atoms with van der Waals surface area (Å²) in [4.78, 5) is 28.7. The van der Waals surface area contributed by atoms with Crippen LogP contribution in [-0.4, -0.2) is 53.0 Å². The summed E-state index contributed by atoms with van der Waals surface area (Å²) in [5.41, 5.74) is 3.36. The Labute approximate surface area is 194 Å². The van der Waals surface area contributed by atoms with Crippen molar-refractivity contribution in [1.82, 2.24) is 25.2 Å². The molecule has 0 bridgehead atoms. The van der Waals surface area contributed by atoms with Gasteiger partial charge in [0.25, 0.3) is 5.91 Å². The summed E-state index contributed by atoms with van der Waals surface area (Å²) in [6.45, 7) is 4.99. The minimum Gasteiger partial charge on any atom is -0.497 e. The van der Waals surface area contributed by atoms with E-state index in [0.29, 0.717) is 17.8 Å². The van der Waals surface area contributed by atoms with Crippen LogP contribution in [0.15, 0.2) is 48.8 Å². The average Bonchev–Trinajstić information content (AvgIpc) is 3.31. The number of benzene rings is 1. The van der Waals surface area contributed by atoms with E-state index in [1.807, 2.05) is 44.3 Å². The van der Waals surface area contributed by atoms with Crippen molar-refractivity contribution in [2.45, 2.75) is 32.4 Å². The van der Waals surface area contributed by atoms with Crippen LogP contribution in [0.1, 0.15) is 45.3 Å². The number of pyridine rings is 1. The second-order valence-corrected chi connectivity index (χ2v) is 8.24. The van der Waals surface area contributed by atoms with E-state index in [0.717, 1.165) is 49.0 Å². The van der Waals surface area contributed by atoms with Crippen LogP contribution in [0.5, 0.6) is 5.75 Å². The number of ether oxygens (including phenoxy) is 1. The summed E-state index contributed by atoms with van der Waals surface area (Å²) < 4.78 is 5.24. The number of likely N-dealkylation sites (tertiary alicyclic amines) is 1. The molecule has 1 amide bonds. The summed E-state index contributed by atoms with van der Waals surface area (Å²) in [7, 11) is 3.52. The second kappa shape index (κ2) is 10.4. The molecule has 0 aliphatic carbocycles. The average molecular weight is 447 g/mol. The van der Waals surface area contributed by atoms with Crippen molar-refractivity contribution in [1.29, 1.82) is 0 Å². The Morgan fingerprint density at radius 1 is 1.24 bits per heavy atom. The molecule has 172 valence electrons. The lowest BCUT2D eigenvalue weighted by atomic mass is 10.1. The van der Waals surface area contributed by atoms with Crippen LogP contribution < -0.4 is 15.4 Å². The topological polar surface area (TPSA) is 92.3 Å². The molecule has 1 aromatic carbocycles. The van der Waals surface area contributed by atoms with Gasteiger partial charge in [0.1, 0.15) is 17.4 Å². The molecule has 1 aliphatic rings. The molecule has 2 aromatic heterocycles. The Kier molecular flexibility index (Phi) is 7.14. The highest BCUT2D eigenvalue weighted by Gasteiger charge is 2.27. The lowest BCUT2D eigenvalue weighted by Crippen LogP contribution is -2.25. The van der Waals surface area contributed by atoms with E-state index in [9.17, 15) is 4.79 Å². The monoisotopic (exact) mass is 446 g/mol. The Morgan fingerprint density at radius 2 is 2.12 bits per heavy atom. The Morgan fingerprint density at radius 3 is 2.91 bits per heavy atom. The molecule has 4 rings (SSSR count). The highest BCUT2D eigenvalue weighted by molar-refractivity contribution is 5.94. The van der Waals surface area contributed by atoms with Crippen LogP contribution in [0.4, 0.5) is 5.82 Å². The van der Waals surface area contributed by atoms with Gasteiger partial charge in [0, 0.05) is 50.6 Å². The van der Waals surface area contributed by atoms with Gasteiger partial charge in [0.15, 0.2) is 0 Å². The first-order chi connectivity index (χ1) is 16.1. The van der Waals surface area contributed by atoms with Gasteiger partial charge in [-0.1, -0.05) is 18.2 Å². The van der Waals surface area contributed by atoms with Gasteiger partial charge in [-0.25, -0.2) is 15.0 Å². The zero-order chi connectivity index (χ0) is 23.2. The third kappa shape index (κ3) is 5.46. The number of carbonyl (C=O) groups is 1. The highest BCUT2D eigenvalue weighted by atomic mass is 16.5. The van der Waals surface area contributed by atoms with Crippen LogP contribution in [0, 0.1) is 6.92 Å². The van der Waals surface area contributed by atoms with E-state index in [4.69, 9.17) is 9.72 Å². The molecule has 3 heterocycles. The highest BCUT2D eigenvalue weighted by Crippen LogP contribution is 2.27. The number of rotatable bonds is 8. The summed E-state index contributed by atoms with van der Waals surface area (Å²) in [5.74, 6) is 2.57. The first kappa shape index (κ1) is 22.7. The van der Waals surface area contributed by atoms with E-state index in [2.05, 4.69) is 31.6 Å². The molecule has 8 heteroatoms. The number of carbonyl (C=O) groups excluding carboxylic acids is 1. The maximum Gasteiger partial charge on any atom is 0.254 e. The van der Waals surface area contributed by atoms with Crippen LogP contribution in [0.2, 0.25) is 0 Å². The summed E-state index contributed by atoms with van der Waals surface area (Å²) in [5, 5.41) is 6.10. The number of aryl methyl sites for hydroxylation is 1. The van der Waals surface area contributed by atoms with Crippen molar-refractivity contribution in [2.24, 2.45) is 0 Å². The van der Waals surface area contributed by atoms with Gasteiger partial charge in [0.2, 0.25) is 0 Å². The van der Waals surface area contributed by atoms with Gasteiger partial charge >= 0.3 is 0 Å². The van der Waals surface area contributed by atoms with Crippen molar-refractivity contribution < 1.29 is 9.53 Å². The van der Waals surface area contributed by atoms with Crippen molar-refractivity contribution in [2.75, 3.05) is 32.6 Å². The molecule has 33 heavy (non-hydrogen) atoms. The van der Waals surface area contributed by atoms with E-state index in [1.54, 1.807) is 19.5 Å². The Bertz CT molecular complexity index is 1120. The fraction of sp³-hybridized carbons (Fsp3) is 0.360. The zero-order valence-corrected chi connectivity index (χ0v) is 19.3. The molecular weight excluding hydrogens is 416 g/mol. The van der Waals surface area contributed by atoms with E-state index < -0.39 is 0 Å². The number of nitrogens with one attached hydrogen (secondary N) is 2. The normalized spacial score (nSPS) is 15.9. The van der Waals surface area contributed by atoms with Crippen molar-refractivity contribution in [3.63, 3.8) is 0 Å². The van der Waals surface area contributed by atoms with Gasteiger partial charge in [0.05, 0.1) is 18.4 Å². The predicted molar refractivity (Wildman–Crippen MR) is 127 cm³/mol. The predicted octanol–water partition coefficient (Wildman–Crippen LogP) is 3.15. The van der Waals surface area contributed by atoms with Gasteiger partial charge in [-0.15, -0.1) is 0 Å². The number of nitrogens with zero attached hydrogens (tertiary/aromatic N) is 4. The molecule has 1 fully saturated rings. The third-order valence-corrected chi connectivity index (χ3v) is 5.99. The first-order valence-electron chi connectivity index (χ1n) is 11.2. The van der Waals surface area contributed by atoms with Crippen molar-refractivity contribution in [3.05, 3.63) is 77.0 Å². The molecular formula is C25H30N6O2. The largest absolute Gasteiger partial charge is 0.497 e. The lowest BCUT2D eigenvalue weighted by molar-refractivity contribution is 0.0949. The van der Waals surface area contributed by atoms with Gasteiger partial charge < -0.3 is 15.4 Å². The minimum atomic E-state index is -0.175. The van der Waals surface area contributed by atoms with E-state index >= 15 is 0 Å². The molecule has 1 atom stereocenters. The van der Waals surface area contributed by atoms with Crippen LogP contribution in [0.25, 0.3) is 0 Å². The van der Waals surface area contributed by atoms with Crippen LogP contribution in [0.3, 0.4) is 0 Å². The SMILES string of the molecule is CNc1ncccc1CN1CCC(c2ncc(C(=O)NCc3cccc(OC)c3)c(C)n2)C1. The molecule has 8 nitrogen and oxygen atoms in total. The second-order valence-electron chi connectivity index (χ2n) is 8.24. The number of anilines is 1. The fourth-order valence-corrected chi connectivity index (χ4v) is 4.18. The maximum atomic E-state index is 12.7. The molecule has 2 N–H and O–H groups in total. The summed E-state index contributed by atoms with van der Waals surface area (Å²) in [6.07, 6.45) is 4.45. The zero-order valence-electron chi connectivity index (χ0n) is 19.3. The molecule has 0 radical (unpaired) electrons.